The summed E-state index contributed by atoms with van der Waals surface area (Å²) in [6.07, 6.45) is 1.80. The molecule has 3 heterocycles. The van der Waals surface area contributed by atoms with Crippen molar-refractivity contribution in [3.05, 3.63) is 41.1 Å². The molecule has 5 rings (SSSR count). The Labute approximate surface area is 178 Å². The van der Waals surface area contributed by atoms with E-state index in [0.29, 0.717) is 30.3 Å². The highest BCUT2D eigenvalue weighted by atomic mass is 19.1. The fourth-order valence-corrected chi connectivity index (χ4v) is 3.84. The Balaban J connectivity index is 1.16. The van der Waals surface area contributed by atoms with E-state index >= 15 is 0 Å². The molecule has 2 unspecified atom stereocenters. The lowest BCUT2D eigenvalue weighted by atomic mass is 9.98. The molecule has 8 nitrogen and oxygen atoms in total. The summed E-state index contributed by atoms with van der Waals surface area (Å²) >= 11 is 0. The van der Waals surface area contributed by atoms with Gasteiger partial charge < -0.3 is 19.5 Å². The first-order valence-corrected chi connectivity index (χ1v) is 10.5. The van der Waals surface area contributed by atoms with Crippen LogP contribution in [0.2, 0.25) is 0 Å². The Bertz CT molecular complexity index is 1010. The van der Waals surface area contributed by atoms with Gasteiger partial charge in [0.25, 0.3) is 5.91 Å². The molecular formula is C22H23FN4O4. The number of fused-ring (bicyclic) bond motifs is 2. The summed E-state index contributed by atoms with van der Waals surface area (Å²) in [5.41, 5.74) is 0.771. The van der Waals surface area contributed by atoms with E-state index in [0.717, 1.165) is 18.9 Å². The third kappa shape index (κ3) is 4.21. The highest BCUT2D eigenvalue weighted by Crippen LogP contribution is 2.35. The molecule has 1 amide bonds. The van der Waals surface area contributed by atoms with E-state index in [2.05, 4.69) is 10.4 Å². The average molecular weight is 426 g/mol. The molecule has 0 spiro atoms. The summed E-state index contributed by atoms with van der Waals surface area (Å²) in [7, 11) is 0. The molecule has 1 aliphatic carbocycles. The number of carbonyl (C=O) groups excluding carboxylic acids is 1. The van der Waals surface area contributed by atoms with Gasteiger partial charge in [-0.3, -0.25) is 4.79 Å². The van der Waals surface area contributed by atoms with Crippen LogP contribution in [0, 0.1) is 17.2 Å². The fourth-order valence-electron chi connectivity index (χ4n) is 3.84. The molecule has 0 saturated heterocycles. The van der Waals surface area contributed by atoms with Crippen LogP contribution in [0.5, 0.6) is 11.6 Å². The third-order valence-electron chi connectivity index (χ3n) is 5.80. The molecule has 1 aromatic carbocycles. The number of ether oxygens (including phenoxy) is 3. The number of alkyl halides is 1. The van der Waals surface area contributed by atoms with Crippen LogP contribution in [-0.4, -0.2) is 47.7 Å². The first-order chi connectivity index (χ1) is 15.1. The van der Waals surface area contributed by atoms with E-state index in [1.165, 1.54) is 18.9 Å². The summed E-state index contributed by atoms with van der Waals surface area (Å²) in [5.74, 6) is 1.16. The van der Waals surface area contributed by atoms with Crippen molar-refractivity contribution in [1.29, 1.82) is 5.26 Å². The van der Waals surface area contributed by atoms with E-state index in [-0.39, 0.29) is 24.0 Å². The zero-order chi connectivity index (χ0) is 21.4. The topological polar surface area (TPSA) is 98.4 Å². The van der Waals surface area contributed by atoms with Crippen LogP contribution >= 0.6 is 0 Å². The second kappa shape index (κ2) is 8.19. The molecule has 162 valence electrons. The molecule has 31 heavy (non-hydrogen) atoms. The molecule has 3 aliphatic rings. The number of rotatable bonds is 7. The first kappa shape index (κ1) is 19.8. The number of nitriles is 1. The number of hydrogen-bond donors (Lipinski definition) is 1. The molecular weight excluding hydrogens is 403 g/mol. The number of halogens is 1. The van der Waals surface area contributed by atoms with Crippen LogP contribution in [-0.2, 0) is 11.3 Å². The van der Waals surface area contributed by atoms with E-state index in [9.17, 15) is 9.18 Å². The van der Waals surface area contributed by atoms with Crippen LogP contribution in [0.25, 0.3) is 0 Å². The van der Waals surface area contributed by atoms with E-state index in [1.54, 1.807) is 22.9 Å². The fraction of sp³-hybridized carbons (Fsp3) is 0.500. The zero-order valence-corrected chi connectivity index (χ0v) is 16.9. The van der Waals surface area contributed by atoms with Crippen LogP contribution in [0.15, 0.2) is 24.3 Å². The van der Waals surface area contributed by atoms with Gasteiger partial charge in [0.2, 0.25) is 5.88 Å². The van der Waals surface area contributed by atoms with Crippen LogP contribution in [0.1, 0.15) is 47.0 Å². The summed E-state index contributed by atoms with van der Waals surface area (Å²) in [6.45, 7) is 2.02. The van der Waals surface area contributed by atoms with Gasteiger partial charge in [-0.2, -0.15) is 10.4 Å². The molecule has 0 radical (unpaired) electrons. The van der Waals surface area contributed by atoms with Gasteiger partial charge in [-0.05, 0) is 37.0 Å². The minimum atomic E-state index is -1.48. The van der Waals surface area contributed by atoms with E-state index in [4.69, 9.17) is 19.5 Å². The maximum atomic E-state index is 15.0. The second-order valence-electron chi connectivity index (χ2n) is 8.25. The number of aromatic nitrogens is 2. The lowest BCUT2D eigenvalue weighted by Crippen LogP contribution is -2.44. The highest BCUT2D eigenvalue weighted by Gasteiger charge is 2.34. The van der Waals surface area contributed by atoms with Crippen molar-refractivity contribution < 1.29 is 23.4 Å². The van der Waals surface area contributed by atoms with Crippen LogP contribution < -0.4 is 14.8 Å². The molecule has 1 saturated carbocycles. The average Bonchev–Trinajstić information content (AvgIpc) is 3.40. The monoisotopic (exact) mass is 426 g/mol. The standard InChI is InChI=1S/C22H23FN4O4/c23-21-16-7-14(9-24)3-4-19(16)30-12-18(21)25-22(28)17-8-20-27(26-17)10-15(31-20)5-6-29-11-13-1-2-13/h3-4,7-8,13,15,18,21H,1-2,5-6,10-12H2,(H,25,28)/t15?,18-,21?/m0/s1. The van der Waals surface area contributed by atoms with Crippen molar-refractivity contribution in [3.63, 3.8) is 0 Å². The van der Waals surface area contributed by atoms with Gasteiger partial charge in [-0.15, -0.1) is 0 Å². The zero-order valence-electron chi connectivity index (χ0n) is 16.9. The lowest BCUT2D eigenvalue weighted by Gasteiger charge is -2.29. The van der Waals surface area contributed by atoms with Crippen molar-refractivity contribution >= 4 is 5.91 Å². The van der Waals surface area contributed by atoms with Gasteiger partial charge >= 0.3 is 0 Å². The molecule has 1 N–H and O–H groups in total. The molecule has 1 aromatic heterocycles. The number of benzene rings is 1. The number of amides is 1. The highest BCUT2D eigenvalue weighted by molar-refractivity contribution is 5.92. The smallest absolute Gasteiger partial charge is 0.272 e. The molecule has 1 fully saturated rings. The van der Waals surface area contributed by atoms with Gasteiger partial charge in [0.05, 0.1) is 30.8 Å². The Morgan fingerprint density at radius 1 is 1.39 bits per heavy atom. The molecule has 2 aromatic rings. The minimum absolute atomic E-state index is 0.00119. The van der Waals surface area contributed by atoms with Crippen molar-refractivity contribution in [1.82, 2.24) is 15.1 Å². The predicted molar refractivity (Wildman–Crippen MR) is 107 cm³/mol. The van der Waals surface area contributed by atoms with Crippen LogP contribution in [0.4, 0.5) is 4.39 Å². The largest absolute Gasteiger partial charge is 0.491 e. The summed E-state index contributed by atoms with van der Waals surface area (Å²) < 4.78 is 33.7. The number of nitrogens with zero attached hydrogens (tertiary/aromatic N) is 3. The Hall–Kier alpha value is -3.12. The molecule has 0 bridgehead atoms. The van der Waals surface area contributed by atoms with E-state index < -0.39 is 18.1 Å². The first-order valence-electron chi connectivity index (χ1n) is 10.5. The summed E-state index contributed by atoms with van der Waals surface area (Å²) in [6, 6.07) is 7.28. The lowest BCUT2D eigenvalue weighted by molar-refractivity contribution is 0.0834. The number of hydrogen-bond acceptors (Lipinski definition) is 6. The maximum Gasteiger partial charge on any atom is 0.272 e. The molecule has 2 aliphatic heterocycles. The summed E-state index contributed by atoms with van der Waals surface area (Å²) in [5, 5.41) is 16.0. The van der Waals surface area contributed by atoms with Crippen molar-refractivity contribution in [2.45, 2.75) is 44.1 Å². The second-order valence-corrected chi connectivity index (χ2v) is 8.25. The maximum absolute atomic E-state index is 15.0. The van der Waals surface area contributed by atoms with Gasteiger partial charge in [0.1, 0.15) is 18.5 Å². The van der Waals surface area contributed by atoms with Crippen molar-refractivity contribution in [3.8, 4) is 17.7 Å². The quantitative estimate of drug-likeness (QED) is 0.684. The van der Waals surface area contributed by atoms with Gasteiger partial charge in [0, 0.05) is 24.7 Å². The Morgan fingerprint density at radius 3 is 3.03 bits per heavy atom. The Kier molecular flexibility index (Phi) is 5.24. The van der Waals surface area contributed by atoms with Gasteiger partial charge in [-0.25, -0.2) is 9.07 Å². The molecule has 9 heteroatoms. The summed E-state index contributed by atoms with van der Waals surface area (Å²) in [4.78, 5) is 12.6. The van der Waals surface area contributed by atoms with Crippen LogP contribution in [0.3, 0.4) is 0 Å². The van der Waals surface area contributed by atoms with E-state index in [1.807, 2.05) is 6.07 Å². The SMILES string of the molecule is N#Cc1ccc2c(c1)C(F)[C@@H](NC(=O)c1cc3n(n1)CC(CCOCC1CC1)O3)CO2. The van der Waals surface area contributed by atoms with Crippen molar-refractivity contribution in [2.75, 3.05) is 19.8 Å². The van der Waals surface area contributed by atoms with Crippen molar-refractivity contribution in [2.24, 2.45) is 5.92 Å². The van der Waals surface area contributed by atoms with Gasteiger partial charge in [0.15, 0.2) is 11.9 Å². The Morgan fingerprint density at radius 2 is 2.26 bits per heavy atom. The minimum Gasteiger partial charge on any atom is -0.491 e. The molecule has 3 atom stereocenters. The third-order valence-corrected chi connectivity index (χ3v) is 5.80. The normalized spacial score (nSPS) is 23.8. The predicted octanol–water partition coefficient (Wildman–Crippen LogP) is 2.53. The number of carbonyl (C=O) groups is 1. The van der Waals surface area contributed by atoms with Gasteiger partial charge in [-0.1, -0.05) is 0 Å². The number of nitrogens with one attached hydrogen (secondary N) is 1.